The van der Waals surface area contributed by atoms with Gasteiger partial charge in [0.25, 0.3) is 0 Å². The van der Waals surface area contributed by atoms with Gasteiger partial charge in [-0.2, -0.15) is 0 Å². The fourth-order valence-corrected chi connectivity index (χ4v) is 1.47. The number of ether oxygens (including phenoxy) is 1. The minimum Gasteiger partial charge on any atom is -0.494 e. The van der Waals surface area contributed by atoms with E-state index in [1.807, 2.05) is 25.1 Å². The van der Waals surface area contributed by atoms with Crippen LogP contribution in [0, 0.1) is 0 Å². The van der Waals surface area contributed by atoms with Crippen molar-refractivity contribution in [3.63, 3.8) is 0 Å². The van der Waals surface area contributed by atoms with Gasteiger partial charge in [0, 0.05) is 10.6 Å². The highest BCUT2D eigenvalue weighted by atomic mass is 35.5. The molecule has 0 bridgehead atoms. The molecule has 0 saturated heterocycles. The summed E-state index contributed by atoms with van der Waals surface area (Å²) < 4.78 is 5.42. The molecule has 12 heavy (non-hydrogen) atoms. The third-order valence-electron chi connectivity index (χ3n) is 1.73. The van der Waals surface area contributed by atoms with Crippen molar-refractivity contribution < 1.29 is 4.74 Å². The average Bonchev–Trinajstić information content (AvgIpc) is 2.05. The van der Waals surface area contributed by atoms with E-state index in [-0.39, 0.29) is 0 Å². The molecule has 0 radical (unpaired) electrons. The first-order valence-corrected chi connectivity index (χ1v) is 4.57. The molecule has 0 heterocycles. The quantitative estimate of drug-likeness (QED) is 0.701. The van der Waals surface area contributed by atoms with Crippen molar-refractivity contribution in [1.82, 2.24) is 0 Å². The molecule has 66 valence electrons. The Hall–Kier alpha value is -0.690. The molecule has 0 aliphatic heterocycles. The second kappa shape index (κ2) is 4.36. The number of halogens is 1. The van der Waals surface area contributed by atoms with Crippen LogP contribution in [0.4, 0.5) is 0 Å². The van der Waals surface area contributed by atoms with Gasteiger partial charge in [0.15, 0.2) is 0 Å². The lowest BCUT2D eigenvalue weighted by Gasteiger charge is -2.09. The standard InChI is InChI=1S/C10H13ClO/c1-3-8-9(11)6-5-7-10(8)12-4-2/h5-7H,3-4H2,1-2H3. The van der Waals surface area contributed by atoms with Gasteiger partial charge in [0.2, 0.25) is 0 Å². The zero-order chi connectivity index (χ0) is 8.97. The lowest BCUT2D eigenvalue weighted by molar-refractivity contribution is 0.337. The van der Waals surface area contributed by atoms with Crippen LogP contribution in [-0.2, 0) is 6.42 Å². The maximum atomic E-state index is 5.99. The van der Waals surface area contributed by atoms with Gasteiger partial charge in [0.05, 0.1) is 6.61 Å². The van der Waals surface area contributed by atoms with Crippen molar-refractivity contribution in [3.05, 3.63) is 28.8 Å². The third-order valence-corrected chi connectivity index (χ3v) is 2.08. The Labute approximate surface area is 78.3 Å². The van der Waals surface area contributed by atoms with Crippen LogP contribution in [-0.4, -0.2) is 6.61 Å². The number of benzene rings is 1. The highest BCUT2D eigenvalue weighted by Crippen LogP contribution is 2.26. The normalized spacial score (nSPS) is 9.92. The van der Waals surface area contributed by atoms with Crippen molar-refractivity contribution in [3.8, 4) is 5.75 Å². The topological polar surface area (TPSA) is 9.23 Å². The average molecular weight is 185 g/mol. The van der Waals surface area contributed by atoms with Crippen LogP contribution in [0.25, 0.3) is 0 Å². The lowest BCUT2D eigenvalue weighted by Crippen LogP contribution is -1.95. The maximum absolute atomic E-state index is 5.99. The molecular formula is C10H13ClO. The molecular weight excluding hydrogens is 172 g/mol. The first kappa shape index (κ1) is 9.40. The van der Waals surface area contributed by atoms with Gasteiger partial charge in [0.1, 0.15) is 5.75 Å². The fourth-order valence-electron chi connectivity index (χ4n) is 1.17. The SMILES string of the molecule is CCOc1cccc(Cl)c1CC. The molecule has 2 heteroatoms. The maximum Gasteiger partial charge on any atom is 0.123 e. The van der Waals surface area contributed by atoms with E-state index >= 15 is 0 Å². The Bertz CT molecular complexity index is 258. The van der Waals surface area contributed by atoms with Gasteiger partial charge < -0.3 is 4.74 Å². The molecule has 1 nitrogen and oxygen atoms in total. The second-order valence-electron chi connectivity index (χ2n) is 2.50. The Morgan fingerprint density at radius 1 is 1.33 bits per heavy atom. The predicted molar refractivity (Wildman–Crippen MR) is 52.0 cm³/mol. The molecule has 0 fully saturated rings. The summed E-state index contributed by atoms with van der Waals surface area (Å²) in [6, 6.07) is 5.75. The lowest BCUT2D eigenvalue weighted by atomic mass is 10.1. The van der Waals surface area contributed by atoms with Crippen molar-refractivity contribution in [2.45, 2.75) is 20.3 Å². The predicted octanol–water partition coefficient (Wildman–Crippen LogP) is 3.30. The Morgan fingerprint density at radius 3 is 2.67 bits per heavy atom. The minimum atomic E-state index is 0.688. The smallest absolute Gasteiger partial charge is 0.123 e. The summed E-state index contributed by atoms with van der Waals surface area (Å²) in [5.41, 5.74) is 1.10. The van der Waals surface area contributed by atoms with Gasteiger partial charge in [-0.3, -0.25) is 0 Å². The molecule has 0 amide bonds. The van der Waals surface area contributed by atoms with E-state index in [1.165, 1.54) is 0 Å². The monoisotopic (exact) mass is 184 g/mol. The van der Waals surface area contributed by atoms with E-state index in [2.05, 4.69) is 6.92 Å². The van der Waals surface area contributed by atoms with Crippen molar-refractivity contribution >= 4 is 11.6 Å². The van der Waals surface area contributed by atoms with Crippen LogP contribution < -0.4 is 4.74 Å². The van der Waals surface area contributed by atoms with Gasteiger partial charge >= 0.3 is 0 Å². The van der Waals surface area contributed by atoms with E-state index < -0.39 is 0 Å². The summed E-state index contributed by atoms with van der Waals surface area (Å²) in [4.78, 5) is 0. The molecule has 0 unspecified atom stereocenters. The van der Waals surface area contributed by atoms with E-state index in [9.17, 15) is 0 Å². The number of rotatable bonds is 3. The molecule has 0 atom stereocenters. The third kappa shape index (κ3) is 1.92. The molecule has 0 aromatic heterocycles. The zero-order valence-electron chi connectivity index (χ0n) is 7.43. The van der Waals surface area contributed by atoms with Crippen molar-refractivity contribution in [2.75, 3.05) is 6.61 Å². The van der Waals surface area contributed by atoms with Crippen LogP contribution in [0.2, 0.25) is 5.02 Å². The highest BCUT2D eigenvalue weighted by molar-refractivity contribution is 6.31. The summed E-state index contributed by atoms with van der Waals surface area (Å²) >= 11 is 5.99. The summed E-state index contributed by atoms with van der Waals surface area (Å²) in [7, 11) is 0. The summed E-state index contributed by atoms with van der Waals surface area (Å²) in [6.07, 6.45) is 0.912. The summed E-state index contributed by atoms with van der Waals surface area (Å²) in [6.45, 7) is 4.73. The minimum absolute atomic E-state index is 0.688. The van der Waals surface area contributed by atoms with E-state index in [0.717, 1.165) is 22.8 Å². The van der Waals surface area contributed by atoms with Crippen LogP contribution >= 0.6 is 11.6 Å². The molecule has 0 aliphatic rings. The van der Waals surface area contributed by atoms with Crippen molar-refractivity contribution in [1.29, 1.82) is 0 Å². The van der Waals surface area contributed by atoms with Gasteiger partial charge in [-0.15, -0.1) is 0 Å². The first-order valence-electron chi connectivity index (χ1n) is 4.19. The number of hydrogen-bond acceptors (Lipinski definition) is 1. The second-order valence-corrected chi connectivity index (χ2v) is 2.91. The summed E-state index contributed by atoms with van der Waals surface area (Å²) in [5.74, 6) is 0.910. The fraction of sp³-hybridized carbons (Fsp3) is 0.400. The highest BCUT2D eigenvalue weighted by Gasteiger charge is 2.04. The molecule has 0 saturated carbocycles. The zero-order valence-corrected chi connectivity index (χ0v) is 8.19. The molecule has 0 N–H and O–H groups in total. The molecule has 1 aromatic rings. The molecule has 1 aromatic carbocycles. The van der Waals surface area contributed by atoms with E-state index in [0.29, 0.717) is 6.61 Å². The largest absolute Gasteiger partial charge is 0.494 e. The Morgan fingerprint density at radius 2 is 2.08 bits per heavy atom. The van der Waals surface area contributed by atoms with E-state index in [4.69, 9.17) is 16.3 Å². The van der Waals surface area contributed by atoms with Crippen LogP contribution in [0.15, 0.2) is 18.2 Å². The molecule has 0 spiro atoms. The van der Waals surface area contributed by atoms with Gasteiger partial charge in [-0.25, -0.2) is 0 Å². The Kier molecular flexibility index (Phi) is 3.42. The first-order chi connectivity index (χ1) is 5.79. The Balaban J connectivity index is 3.00. The molecule has 1 rings (SSSR count). The van der Waals surface area contributed by atoms with Crippen molar-refractivity contribution in [2.24, 2.45) is 0 Å². The number of hydrogen-bond donors (Lipinski definition) is 0. The van der Waals surface area contributed by atoms with E-state index in [1.54, 1.807) is 0 Å². The molecule has 0 aliphatic carbocycles. The summed E-state index contributed by atoms with van der Waals surface area (Å²) in [5, 5.41) is 0.795. The van der Waals surface area contributed by atoms with Crippen LogP contribution in [0.3, 0.4) is 0 Å². The van der Waals surface area contributed by atoms with Crippen LogP contribution in [0.1, 0.15) is 19.4 Å². The van der Waals surface area contributed by atoms with Gasteiger partial charge in [-0.05, 0) is 25.5 Å². The van der Waals surface area contributed by atoms with Crippen LogP contribution in [0.5, 0.6) is 5.75 Å². The van der Waals surface area contributed by atoms with Gasteiger partial charge in [-0.1, -0.05) is 24.6 Å².